The Morgan fingerprint density at radius 2 is 2.05 bits per heavy atom. The normalized spacial score (nSPS) is 13.5. The van der Waals surface area contributed by atoms with Gasteiger partial charge in [-0.1, -0.05) is 6.07 Å². The number of benzene rings is 1. The van der Waals surface area contributed by atoms with Crippen molar-refractivity contribution in [1.29, 1.82) is 0 Å². The van der Waals surface area contributed by atoms with Gasteiger partial charge in [0, 0.05) is 24.4 Å². The van der Waals surface area contributed by atoms with E-state index in [0.29, 0.717) is 5.69 Å². The molecule has 0 unspecified atom stereocenters. The van der Waals surface area contributed by atoms with E-state index >= 15 is 0 Å². The second-order valence-corrected chi connectivity index (χ2v) is 4.98. The van der Waals surface area contributed by atoms with Crippen LogP contribution in [0, 0.1) is 0 Å². The molecule has 0 saturated heterocycles. The maximum Gasteiger partial charge on any atom is 0.256 e. The molecule has 6 nitrogen and oxygen atoms in total. The Balaban J connectivity index is 1.82. The number of amides is 1. The lowest BCUT2D eigenvalue weighted by atomic mass is 10.0. The molecule has 0 atom stereocenters. The summed E-state index contributed by atoms with van der Waals surface area (Å²) >= 11 is 0. The third-order valence-electron chi connectivity index (χ3n) is 3.44. The Labute approximate surface area is 120 Å². The molecule has 0 spiro atoms. The van der Waals surface area contributed by atoms with Gasteiger partial charge in [0.1, 0.15) is 0 Å². The average Bonchev–Trinajstić information content (AvgIpc) is 2.46. The molecule has 1 aromatic heterocycles. The van der Waals surface area contributed by atoms with Crippen LogP contribution in [0.15, 0.2) is 35.1 Å². The Bertz CT molecular complexity index is 752. The first-order chi connectivity index (χ1) is 10.1. The smallest absolute Gasteiger partial charge is 0.256 e. The van der Waals surface area contributed by atoms with Gasteiger partial charge in [-0.3, -0.25) is 14.6 Å². The molecule has 21 heavy (non-hydrogen) atoms. The van der Waals surface area contributed by atoms with Gasteiger partial charge in [-0.15, -0.1) is 0 Å². The number of aromatic amines is 1. The molecule has 1 amide bonds. The lowest BCUT2D eigenvalue weighted by Crippen LogP contribution is -2.24. The Kier molecular flexibility index (Phi) is 3.45. The van der Waals surface area contributed by atoms with Crippen LogP contribution in [0.25, 0.3) is 0 Å². The van der Waals surface area contributed by atoms with Crippen LogP contribution >= 0.6 is 0 Å². The van der Waals surface area contributed by atoms with E-state index in [0.717, 1.165) is 31.1 Å². The first-order valence-electron chi connectivity index (χ1n) is 6.69. The number of pyridine rings is 1. The predicted octanol–water partition coefficient (Wildman–Crippen LogP) is 0.978. The van der Waals surface area contributed by atoms with Crippen molar-refractivity contribution in [1.82, 2.24) is 10.3 Å². The van der Waals surface area contributed by atoms with Crippen LogP contribution in [0.4, 0.5) is 5.69 Å². The van der Waals surface area contributed by atoms with Gasteiger partial charge in [0.15, 0.2) is 5.88 Å². The maximum atomic E-state index is 12.1. The summed E-state index contributed by atoms with van der Waals surface area (Å²) in [5, 5.41) is 15.3. The number of carbonyl (C=O) groups is 1. The van der Waals surface area contributed by atoms with Gasteiger partial charge in [-0.05, 0) is 36.2 Å². The lowest BCUT2D eigenvalue weighted by molar-refractivity contribution is 0.102. The number of aromatic nitrogens is 1. The highest BCUT2D eigenvalue weighted by Gasteiger charge is 2.12. The van der Waals surface area contributed by atoms with Crippen molar-refractivity contribution < 1.29 is 9.90 Å². The van der Waals surface area contributed by atoms with Gasteiger partial charge in [0.25, 0.3) is 11.5 Å². The van der Waals surface area contributed by atoms with Gasteiger partial charge in [-0.25, -0.2) is 0 Å². The molecular weight excluding hydrogens is 270 g/mol. The highest BCUT2D eigenvalue weighted by molar-refractivity contribution is 6.04. The van der Waals surface area contributed by atoms with Crippen LogP contribution in [-0.2, 0) is 13.0 Å². The summed E-state index contributed by atoms with van der Waals surface area (Å²) < 4.78 is 0. The average molecular weight is 285 g/mol. The van der Waals surface area contributed by atoms with Crippen LogP contribution in [0.1, 0.15) is 21.5 Å². The third kappa shape index (κ3) is 2.95. The Morgan fingerprint density at radius 1 is 1.19 bits per heavy atom. The number of nitrogens with one attached hydrogen (secondary N) is 3. The van der Waals surface area contributed by atoms with Crippen molar-refractivity contribution >= 4 is 11.6 Å². The first-order valence-corrected chi connectivity index (χ1v) is 6.69. The molecule has 4 N–H and O–H groups in total. The van der Waals surface area contributed by atoms with E-state index in [1.54, 1.807) is 0 Å². The summed E-state index contributed by atoms with van der Waals surface area (Å²) in [5.41, 5.74) is 2.71. The molecule has 6 heteroatoms. The zero-order valence-electron chi connectivity index (χ0n) is 11.3. The Hall–Kier alpha value is -2.60. The monoisotopic (exact) mass is 285 g/mol. The highest BCUT2D eigenvalue weighted by Crippen LogP contribution is 2.19. The molecule has 1 aliphatic heterocycles. The molecular formula is C15H15N3O3. The summed E-state index contributed by atoms with van der Waals surface area (Å²) in [6.45, 7) is 1.75. The topological polar surface area (TPSA) is 94.2 Å². The number of fused-ring (bicyclic) bond motifs is 1. The molecule has 0 radical (unpaired) electrons. The molecule has 0 bridgehead atoms. The molecule has 2 aromatic rings. The number of H-pyrrole nitrogens is 1. The fraction of sp³-hybridized carbons (Fsp3) is 0.200. The number of carbonyl (C=O) groups excluding carboxylic acids is 1. The second-order valence-electron chi connectivity index (χ2n) is 4.98. The minimum atomic E-state index is -0.519. The molecule has 0 aliphatic carbocycles. The number of hydrogen-bond donors (Lipinski definition) is 4. The fourth-order valence-corrected chi connectivity index (χ4v) is 2.42. The second kappa shape index (κ2) is 5.41. The van der Waals surface area contributed by atoms with Crippen molar-refractivity contribution in [3.63, 3.8) is 0 Å². The van der Waals surface area contributed by atoms with Crippen molar-refractivity contribution in [2.75, 3.05) is 11.9 Å². The summed E-state index contributed by atoms with van der Waals surface area (Å²) in [6, 6.07) is 8.13. The van der Waals surface area contributed by atoms with Crippen molar-refractivity contribution in [3.05, 3.63) is 57.4 Å². The highest BCUT2D eigenvalue weighted by atomic mass is 16.3. The molecule has 0 fully saturated rings. The van der Waals surface area contributed by atoms with Gasteiger partial charge >= 0.3 is 0 Å². The van der Waals surface area contributed by atoms with E-state index in [1.807, 2.05) is 18.2 Å². The van der Waals surface area contributed by atoms with Crippen LogP contribution in [0.3, 0.4) is 0 Å². The van der Waals surface area contributed by atoms with Crippen LogP contribution in [-0.4, -0.2) is 22.5 Å². The maximum absolute atomic E-state index is 12.1. The molecule has 0 saturated carbocycles. The summed E-state index contributed by atoms with van der Waals surface area (Å²) in [7, 11) is 0. The van der Waals surface area contributed by atoms with E-state index in [1.165, 1.54) is 11.6 Å². The van der Waals surface area contributed by atoms with Crippen LogP contribution < -0.4 is 16.2 Å². The zero-order chi connectivity index (χ0) is 14.8. The van der Waals surface area contributed by atoms with Gasteiger partial charge in [-0.2, -0.15) is 0 Å². The van der Waals surface area contributed by atoms with E-state index in [4.69, 9.17) is 0 Å². The zero-order valence-corrected chi connectivity index (χ0v) is 11.3. The van der Waals surface area contributed by atoms with Crippen LogP contribution in [0.2, 0.25) is 0 Å². The van der Waals surface area contributed by atoms with Crippen molar-refractivity contribution in [2.45, 2.75) is 13.0 Å². The minimum Gasteiger partial charge on any atom is -0.494 e. The van der Waals surface area contributed by atoms with Gasteiger partial charge in [0.2, 0.25) is 0 Å². The fourth-order valence-electron chi connectivity index (χ4n) is 2.42. The van der Waals surface area contributed by atoms with Gasteiger partial charge < -0.3 is 15.7 Å². The first kappa shape index (κ1) is 13.4. The van der Waals surface area contributed by atoms with E-state index in [9.17, 15) is 14.7 Å². The number of aromatic hydroxyl groups is 1. The SMILES string of the molecule is O=C(Nc1ccc2c(c1)CNCC2)c1cc(O)[nH]c(=O)c1. The molecule has 3 rings (SSSR count). The quantitative estimate of drug-likeness (QED) is 0.661. The van der Waals surface area contributed by atoms with Gasteiger partial charge in [0.05, 0.1) is 5.56 Å². The number of anilines is 1. The molecule has 2 heterocycles. The molecule has 1 aromatic carbocycles. The van der Waals surface area contributed by atoms with Crippen molar-refractivity contribution in [2.24, 2.45) is 0 Å². The third-order valence-corrected chi connectivity index (χ3v) is 3.44. The number of rotatable bonds is 2. The summed E-state index contributed by atoms with van der Waals surface area (Å²) in [4.78, 5) is 25.5. The Morgan fingerprint density at radius 3 is 2.86 bits per heavy atom. The predicted molar refractivity (Wildman–Crippen MR) is 78.5 cm³/mol. The standard InChI is InChI=1S/C15H15N3O3/c19-13-6-10(7-14(20)18-13)15(21)17-12-2-1-9-3-4-16-8-11(9)5-12/h1-2,5-7,16H,3-4,8H2,(H,17,21)(H2,18,19,20). The minimum absolute atomic E-state index is 0.118. The van der Waals surface area contributed by atoms with E-state index in [-0.39, 0.29) is 11.4 Å². The van der Waals surface area contributed by atoms with Crippen molar-refractivity contribution in [3.8, 4) is 5.88 Å². The largest absolute Gasteiger partial charge is 0.494 e. The van der Waals surface area contributed by atoms with E-state index < -0.39 is 11.5 Å². The summed E-state index contributed by atoms with van der Waals surface area (Å²) in [5.74, 6) is -0.762. The van der Waals surface area contributed by atoms with Crippen LogP contribution in [0.5, 0.6) is 5.88 Å². The lowest BCUT2D eigenvalue weighted by Gasteiger charge is -2.18. The molecule has 1 aliphatic rings. The summed E-state index contributed by atoms with van der Waals surface area (Å²) in [6.07, 6.45) is 0.978. The molecule has 108 valence electrons. The van der Waals surface area contributed by atoms with E-state index in [2.05, 4.69) is 15.6 Å². The number of hydrogen-bond acceptors (Lipinski definition) is 4.